The Balaban J connectivity index is 1.78. The fourth-order valence-corrected chi connectivity index (χ4v) is 2.31. The van der Waals surface area contributed by atoms with Gasteiger partial charge in [0.15, 0.2) is 5.69 Å². The number of carbonyl (C=O) groups excluding carboxylic acids is 1. The minimum Gasteiger partial charge on any atom is -0.311 e. The van der Waals surface area contributed by atoms with Gasteiger partial charge in [-0.2, -0.15) is 14.3 Å². The van der Waals surface area contributed by atoms with Crippen LogP contribution in [0.4, 0.5) is 5.00 Å². The summed E-state index contributed by atoms with van der Waals surface area (Å²) in [4.78, 5) is 13.4. The van der Waals surface area contributed by atoms with Crippen LogP contribution in [0.5, 0.6) is 0 Å². The Bertz CT molecular complexity index is 734. The summed E-state index contributed by atoms with van der Waals surface area (Å²) in [7, 11) is 0. The van der Waals surface area contributed by atoms with Crippen LogP contribution < -0.4 is 5.32 Å². The molecule has 3 aromatic rings. The molecule has 2 aromatic heterocycles. The van der Waals surface area contributed by atoms with Crippen molar-refractivity contribution >= 4 is 22.4 Å². The summed E-state index contributed by atoms with van der Waals surface area (Å²) in [6, 6.07) is 11.2. The van der Waals surface area contributed by atoms with Crippen molar-refractivity contribution in [3.05, 3.63) is 54.0 Å². The third-order valence-corrected chi connectivity index (χ3v) is 3.37. The second-order valence-corrected chi connectivity index (χ2v) is 4.95. The maximum Gasteiger partial charge on any atom is 0.278 e. The molecule has 0 aliphatic heterocycles. The zero-order valence-corrected chi connectivity index (χ0v) is 11.5. The quantitative estimate of drug-likeness (QED) is 0.801. The topological polar surface area (TPSA) is 72.7 Å². The molecule has 0 saturated carbocycles. The first-order valence-electron chi connectivity index (χ1n) is 5.95. The standard InChI is InChI=1S/C13H11N5OS/c1-9-7-12(20-17-9)15-13(19)11-8-14-18(16-11)10-5-3-2-4-6-10/h2-8H,1H3,(H,15,19). The largest absolute Gasteiger partial charge is 0.311 e. The van der Waals surface area contributed by atoms with Gasteiger partial charge >= 0.3 is 0 Å². The number of aromatic nitrogens is 4. The number of hydrogen-bond acceptors (Lipinski definition) is 5. The summed E-state index contributed by atoms with van der Waals surface area (Å²) in [5, 5.41) is 11.7. The molecule has 1 N–H and O–H groups in total. The molecule has 0 fully saturated rings. The minimum absolute atomic E-state index is 0.264. The number of carbonyl (C=O) groups is 1. The van der Waals surface area contributed by atoms with E-state index >= 15 is 0 Å². The predicted molar refractivity (Wildman–Crippen MR) is 76.2 cm³/mol. The Morgan fingerprint density at radius 2 is 2.10 bits per heavy atom. The van der Waals surface area contributed by atoms with Crippen molar-refractivity contribution in [2.75, 3.05) is 5.32 Å². The molecule has 0 unspecified atom stereocenters. The van der Waals surface area contributed by atoms with Gasteiger partial charge in [-0.3, -0.25) is 4.79 Å². The SMILES string of the molecule is Cc1cc(NC(=O)c2cnn(-c3ccccc3)n2)sn1. The van der Waals surface area contributed by atoms with Gasteiger partial charge in [-0.15, -0.1) is 5.10 Å². The van der Waals surface area contributed by atoms with E-state index in [2.05, 4.69) is 19.9 Å². The zero-order chi connectivity index (χ0) is 13.9. The van der Waals surface area contributed by atoms with Gasteiger partial charge < -0.3 is 5.32 Å². The number of benzene rings is 1. The molecule has 6 nitrogen and oxygen atoms in total. The van der Waals surface area contributed by atoms with E-state index in [1.165, 1.54) is 22.5 Å². The number of hydrogen-bond donors (Lipinski definition) is 1. The predicted octanol–water partition coefficient (Wildman–Crippen LogP) is 2.28. The number of amides is 1. The van der Waals surface area contributed by atoms with Gasteiger partial charge in [-0.05, 0) is 36.7 Å². The minimum atomic E-state index is -0.296. The third-order valence-electron chi connectivity index (χ3n) is 2.58. The lowest BCUT2D eigenvalue weighted by atomic mass is 10.3. The molecular weight excluding hydrogens is 274 g/mol. The molecule has 0 atom stereocenters. The van der Waals surface area contributed by atoms with E-state index in [1.54, 1.807) is 0 Å². The summed E-state index contributed by atoms with van der Waals surface area (Å²) in [5.41, 5.74) is 1.94. The molecule has 1 amide bonds. The van der Waals surface area contributed by atoms with E-state index in [0.717, 1.165) is 11.4 Å². The van der Waals surface area contributed by atoms with Crippen LogP contribution in [-0.4, -0.2) is 25.3 Å². The van der Waals surface area contributed by atoms with Gasteiger partial charge in [-0.1, -0.05) is 18.2 Å². The number of nitrogens with one attached hydrogen (secondary N) is 1. The van der Waals surface area contributed by atoms with Crippen molar-refractivity contribution in [3.63, 3.8) is 0 Å². The number of para-hydroxylation sites is 1. The Morgan fingerprint density at radius 3 is 2.80 bits per heavy atom. The highest BCUT2D eigenvalue weighted by molar-refractivity contribution is 7.10. The molecule has 0 radical (unpaired) electrons. The van der Waals surface area contributed by atoms with Crippen molar-refractivity contribution in [1.82, 2.24) is 19.4 Å². The van der Waals surface area contributed by atoms with Gasteiger partial charge in [0, 0.05) is 0 Å². The molecule has 3 rings (SSSR count). The summed E-state index contributed by atoms with van der Waals surface area (Å²) >= 11 is 1.24. The Morgan fingerprint density at radius 1 is 1.30 bits per heavy atom. The van der Waals surface area contributed by atoms with Gasteiger partial charge in [-0.25, -0.2) is 0 Å². The van der Waals surface area contributed by atoms with Crippen LogP contribution in [0.1, 0.15) is 16.2 Å². The number of anilines is 1. The highest BCUT2D eigenvalue weighted by Crippen LogP contribution is 2.16. The average molecular weight is 285 g/mol. The highest BCUT2D eigenvalue weighted by Gasteiger charge is 2.12. The van der Waals surface area contributed by atoms with E-state index in [0.29, 0.717) is 5.00 Å². The van der Waals surface area contributed by atoms with E-state index in [-0.39, 0.29) is 11.6 Å². The van der Waals surface area contributed by atoms with Crippen molar-refractivity contribution in [2.24, 2.45) is 0 Å². The first-order chi connectivity index (χ1) is 9.72. The van der Waals surface area contributed by atoms with Crippen molar-refractivity contribution < 1.29 is 4.79 Å². The molecule has 0 saturated heterocycles. The second-order valence-electron chi connectivity index (χ2n) is 4.14. The first kappa shape index (κ1) is 12.5. The lowest BCUT2D eigenvalue weighted by Gasteiger charge is -1.98. The first-order valence-corrected chi connectivity index (χ1v) is 6.72. The monoisotopic (exact) mass is 285 g/mol. The maximum absolute atomic E-state index is 12.0. The van der Waals surface area contributed by atoms with Crippen molar-refractivity contribution in [3.8, 4) is 5.69 Å². The summed E-state index contributed by atoms with van der Waals surface area (Å²) < 4.78 is 4.10. The average Bonchev–Trinajstić information content (AvgIpc) is 3.09. The molecule has 0 spiro atoms. The van der Waals surface area contributed by atoms with Crippen LogP contribution >= 0.6 is 11.5 Å². The Hall–Kier alpha value is -2.54. The number of rotatable bonds is 3. The molecule has 20 heavy (non-hydrogen) atoms. The molecule has 2 heterocycles. The molecule has 0 aliphatic rings. The van der Waals surface area contributed by atoms with E-state index in [9.17, 15) is 4.79 Å². The van der Waals surface area contributed by atoms with Crippen LogP contribution in [0.3, 0.4) is 0 Å². The molecule has 0 bridgehead atoms. The van der Waals surface area contributed by atoms with E-state index in [1.807, 2.05) is 43.3 Å². The zero-order valence-electron chi connectivity index (χ0n) is 10.6. The third kappa shape index (κ3) is 2.57. The summed E-state index contributed by atoms with van der Waals surface area (Å²) in [6.45, 7) is 1.87. The molecular formula is C13H11N5OS. The second kappa shape index (κ2) is 5.22. The van der Waals surface area contributed by atoms with Gasteiger partial charge in [0.25, 0.3) is 5.91 Å². The molecule has 7 heteroatoms. The highest BCUT2D eigenvalue weighted by atomic mass is 32.1. The van der Waals surface area contributed by atoms with Crippen molar-refractivity contribution in [1.29, 1.82) is 0 Å². The van der Waals surface area contributed by atoms with Crippen LogP contribution in [0.15, 0.2) is 42.6 Å². The van der Waals surface area contributed by atoms with E-state index < -0.39 is 0 Å². The van der Waals surface area contributed by atoms with Crippen LogP contribution in [0.25, 0.3) is 5.69 Å². The van der Waals surface area contributed by atoms with Crippen LogP contribution in [-0.2, 0) is 0 Å². The van der Waals surface area contributed by atoms with E-state index in [4.69, 9.17) is 0 Å². The lowest BCUT2D eigenvalue weighted by Crippen LogP contribution is -2.12. The van der Waals surface area contributed by atoms with Gasteiger partial charge in [0.2, 0.25) is 0 Å². The van der Waals surface area contributed by atoms with Crippen molar-refractivity contribution in [2.45, 2.75) is 6.92 Å². The molecule has 1 aromatic carbocycles. The summed E-state index contributed by atoms with van der Waals surface area (Å²) in [5.74, 6) is -0.296. The Labute approximate surface area is 119 Å². The fraction of sp³-hybridized carbons (Fsp3) is 0.0769. The number of nitrogens with zero attached hydrogens (tertiary/aromatic N) is 4. The lowest BCUT2D eigenvalue weighted by molar-refractivity contribution is 0.102. The Kier molecular flexibility index (Phi) is 3.26. The normalized spacial score (nSPS) is 10.4. The molecule has 0 aliphatic carbocycles. The van der Waals surface area contributed by atoms with Crippen LogP contribution in [0, 0.1) is 6.92 Å². The van der Waals surface area contributed by atoms with Gasteiger partial charge in [0.1, 0.15) is 5.00 Å². The number of aryl methyl sites for hydroxylation is 1. The van der Waals surface area contributed by atoms with Gasteiger partial charge in [0.05, 0.1) is 17.6 Å². The maximum atomic E-state index is 12.0. The smallest absolute Gasteiger partial charge is 0.278 e. The molecule has 100 valence electrons. The summed E-state index contributed by atoms with van der Waals surface area (Å²) in [6.07, 6.45) is 1.44. The van der Waals surface area contributed by atoms with Crippen LogP contribution in [0.2, 0.25) is 0 Å². The fourth-order valence-electron chi connectivity index (χ4n) is 1.65.